The van der Waals surface area contributed by atoms with Gasteiger partial charge in [-0.1, -0.05) is 47.5 Å². The summed E-state index contributed by atoms with van der Waals surface area (Å²) in [7, 11) is 0. The molecule has 0 spiro atoms. The number of carbonyl (C=O) groups excluding carboxylic acids is 7. The fraction of sp³-hybridized carbons (Fsp3) is 0.239. The number of amides is 3. The van der Waals surface area contributed by atoms with Crippen LogP contribution in [0.25, 0.3) is 0 Å². The van der Waals surface area contributed by atoms with Gasteiger partial charge in [-0.05, 0) is 92.9 Å². The van der Waals surface area contributed by atoms with Gasteiger partial charge in [0.05, 0.1) is 28.0 Å². The number of carbonyl (C=O) groups is 7. The first-order valence-electron chi connectivity index (χ1n) is 19.6. The van der Waals surface area contributed by atoms with Crippen molar-refractivity contribution in [1.29, 1.82) is 0 Å². The summed E-state index contributed by atoms with van der Waals surface area (Å²) in [5.41, 5.74) is 12.7. The lowest BCUT2D eigenvalue weighted by Gasteiger charge is -2.12. The first-order chi connectivity index (χ1) is 29.4. The number of allylic oxidation sites excluding steroid dienone is 4. The monoisotopic (exact) mass is 883 g/mol. The number of ketones is 2. The largest absolute Gasteiger partial charge is 0.394 e. The third-order valence-corrected chi connectivity index (χ3v) is 10.1. The van der Waals surface area contributed by atoms with Crippen LogP contribution in [-0.2, 0) is 41.8 Å². The van der Waals surface area contributed by atoms with Crippen molar-refractivity contribution in [3.63, 3.8) is 0 Å². The summed E-state index contributed by atoms with van der Waals surface area (Å²) in [5, 5.41) is 15.6. The normalized spacial score (nSPS) is 13.0. The lowest BCUT2D eigenvalue weighted by Crippen LogP contribution is -2.47. The molecule has 2 aliphatic carbocycles. The second-order valence-electron chi connectivity index (χ2n) is 14.2. The van der Waals surface area contributed by atoms with Gasteiger partial charge >= 0.3 is 11.9 Å². The minimum Gasteiger partial charge on any atom is -0.394 e. The molecule has 0 saturated carbocycles. The molecule has 0 aromatic heterocycles. The lowest BCUT2D eigenvalue weighted by atomic mass is 10.1. The van der Waals surface area contributed by atoms with E-state index < -0.39 is 11.9 Å². The van der Waals surface area contributed by atoms with Crippen LogP contribution in [0.5, 0.6) is 0 Å². The van der Waals surface area contributed by atoms with Crippen molar-refractivity contribution >= 4 is 87.2 Å². The molecule has 0 unspecified atom stereocenters. The number of esters is 2. The Hall–Kier alpha value is -6.61. The number of quaternary nitrogens is 1. The van der Waals surface area contributed by atoms with E-state index in [0.29, 0.717) is 77.0 Å². The number of Topliss-reactive ketones (excluding diaryl/α,β-unsaturated/α-hetero) is 2. The summed E-state index contributed by atoms with van der Waals surface area (Å²) in [6.45, 7) is 8.59. The van der Waals surface area contributed by atoms with E-state index >= 15 is 0 Å². The Labute approximate surface area is 369 Å². The quantitative estimate of drug-likeness (QED) is 0.0636. The van der Waals surface area contributed by atoms with Gasteiger partial charge in [-0.25, -0.2) is 0 Å². The zero-order chi connectivity index (χ0) is 45.5. The first-order valence-corrected chi connectivity index (χ1v) is 20.3. The molecule has 14 nitrogen and oxygen atoms in total. The smallest absolute Gasteiger partial charge is 0.310 e. The van der Waals surface area contributed by atoms with Crippen LogP contribution in [0, 0.1) is 0 Å². The number of benzene rings is 4. The van der Waals surface area contributed by atoms with Crippen LogP contribution in [0.1, 0.15) is 92.1 Å². The van der Waals surface area contributed by atoms with Gasteiger partial charge in [0.15, 0.2) is 11.6 Å². The third-order valence-electron chi connectivity index (χ3n) is 9.52. The summed E-state index contributed by atoms with van der Waals surface area (Å²) >= 11 is 12.7. The number of hydrogen-bond acceptors (Lipinski definition) is 10. The molecular weight excluding hydrogens is 835 g/mol. The van der Waals surface area contributed by atoms with Crippen LogP contribution in [0.15, 0.2) is 107 Å². The third kappa shape index (κ3) is 14.5. The van der Waals surface area contributed by atoms with Gasteiger partial charge in [-0.3, -0.25) is 33.6 Å². The highest BCUT2D eigenvalue weighted by molar-refractivity contribution is 6.34. The van der Waals surface area contributed by atoms with E-state index in [-0.39, 0.29) is 29.3 Å². The zero-order valence-corrected chi connectivity index (χ0v) is 36.6. The SMILES string of the molecule is CC(=O)NCc1ccc(NC(=O)c2ccc(NC3=C(C)C(=O)CC3)c(Cl)c2)cc1.CC(=O)OC(C)=O.CC1=C(Nc2ccc(C(=O)Nc3ccc(C[NH3+])cc3)cc2Cl)CCC1=O. The molecule has 62 heavy (non-hydrogen) atoms. The predicted octanol–water partition coefficient (Wildman–Crippen LogP) is 7.76. The van der Waals surface area contributed by atoms with Crippen LogP contribution in [0.3, 0.4) is 0 Å². The maximum absolute atomic E-state index is 12.5. The molecule has 0 saturated heterocycles. The first kappa shape index (κ1) is 48.1. The highest BCUT2D eigenvalue weighted by atomic mass is 35.5. The molecule has 0 fully saturated rings. The minimum atomic E-state index is -0.562. The molecule has 0 atom stereocenters. The molecular formula is C46H49Cl2N6O8+. The van der Waals surface area contributed by atoms with Crippen LogP contribution < -0.4 is 32.3 Å². The Bertz CT molecular complexity index is 2420. The van der Waals surface area contributed by atoms with Crippen LogP contribution in [-0.4, -0.2) is 41.2 Å². The zero-order valence-electron chi connectivity index (χ0n) is 35.1. The number of rotatable bonds is 11. The van der Waals surface area contributed by atoms with E-state index in [0.717, 1.165) is 39.4 Å². The molecule has 324 valence electrons. The van der Waals surface area contributed by atoms with Gasteiger partial charge in [-0.15, -0.1) is 0 Å². The Balaban J connectivity index is 0.000000237. The fourth-order valence-corrected chi connectivity index (χ4v) is 6.47. The predicted molar refractivity (Wildman–Crippen MR) is 239 cm³/mol. The van der Waals surface area contributed by atoms with Crippen molar-refractivity contribution in [1.82, 2.24) is 5.32 Å². The van der Waals surface area contributed by atoms with Gasteiger partial charge in [0, 0.05) is 90.8 Å². The topological polar surface area (TPSA) is 217 Å². The Kier molecular flexibility index (Phi) is 17.7. The Morgan fingerprint density at radius 2 is 1.00 bits per heavy atom. The fourth-order valence-electron chi connectivity index (χ4n) is 6.01. The van der Waals surface area contributed by atoms with E-state index in [9.17, 15) is 33.6 Å². The van der Waals surface area contributed by atoms with Gasteiger partial charge in [0.25, 0.3) is 11.8 Å². The highest BCUT2D eigenvalue weighted by Gasteiger charge is 2.21. The summed E-state index contributed by atoms with van der Waals surface area (Å²) in [6, 6.07) is 24.9. The number of hydrogen-bond donors (Lipinski definition) is 6. The van der Waals surface area contributed by atoms with Crippen LogP contribution >= 0.6 is 23.2 Å². The van der Waals surface area contributed by atoms with E-state index in [1.807, 2.05) is 43.3 Å². The Morgan fingerprint density at radius 3 is 1.31 bits per heavy atom. The molecule has 16 heteroatoms. The Morgan fingerprint density at radius 1 is 0.597 bits per heavy atom. The highest BCUT2D eigenvalue weighted by Crippen LogP contribution is 2.31. The summed E-state index contributed by atoms with van der Waals surface area (Å²) in [5.74, 6) is -1.43. The number of ether oxygens (including phenoxy) is 1. The van der Waals surface area contributed by atoms with E-state index in [1.165, 1.54) is 20.8 Å². The standard InChI is InChI=1S/C22H22ClN3O3.C20H20ClN3O2.C4H6O3/c1-13-19(9-10-21(13)28)26-20-8-5-16(11-18(20)23)22(29)25-17-6-3-15(4-7-17)12-24-14(2)27;1-12-17(8-9-19(12)25)24-18-7-4-14(10-16(18)21)20(26)23-15-5-2-13(11-22)3-6-15;1-3(5)7-4(2)6/h3-8,11,26H,9-10,12H2,1-2H3,(H,24,27)(H,25,29);2-7,10,24H,8-9,11,22H2,1H3,(H,23,26);1-2H3/p+1. The molecule has 4 aromatic carbocycles. The van der Waals surface area contributed by atoms with Crippen molar-refractivity contribution in [2.24, 2.45) is 0 Å². The van der Waals surface area contributed by atoms with Crippen molar-refractivity contribution in [3.05, 3.63) is 140 Å². The molecule has 0 radical (unpaired) electrons. The van der Waals surface area contributed by atoms with Crippen LogP contribution in [0.4, 0.5) is 22.7 Å². The van der Waals surface area contributed by atoms with Gasteiger partial charge in [0.2, 0.25) is 5.91 Å². The van der Waals surface area contributed by atoms with Gasteiger partial charge in [0.1, 0.15) is 0 Å². The molecule has 8 N–H and O–H groups in total. The van der Waals surface area contributed by atoms with Gasteiger partial charge in [-0.2, -0.15) is 0 Å². The summed E-state index contributed by atoms with van der Waals surface area (Å²) in [6.07, 6.45) is 2.39. The van der Waals surface area contributed by atoms with Crippen molar-refractivity contribution < 1.29 is 44.0 Å². The molecule has 6 rings (SSSR count). The molecule has 2 aliphatic rings. The van der Waals surface area contributed by atoms with E-state index in [2.05, 4.69) is 37.1 Å². The molecule has 0 aliphatic heterocycles. The number of nitrogens with one attached hydrogen (secondary N) is 5. The van der Waals surface area contributed by atoms with E-state index in [4.69, 9.17) is 23.2 Å². The molecule has 3 amide bonds. The number of anilines is 4. The summed E-state index contributed by atoms with van der Waals surface area (Å²) in [4.78, 5) is 78.8. The maximum Gasteiger partial charge on any atom is 0.310 e. The average Bonchev–Trinajstić information content (AvgIpc) is 3.72. The minimum absolute atomic E-state index is 0.0943. The van der Waals surface area contributed by atoms with Gasteiger partial charge < -0.3 is 37.1 Å². The van der Waals surface area contributed by atoms with Crippen molar-refractivity contribution in [2.75, 3.05) is 21.3 Å². The van der Waals surface area contributed by atoms with Crippen LogP contribution in [0.2, 0.25) is 10.0 Å². The second-order valence-corrected chi connectivity index (χ2v) is 15.1. The average molecular weight is 885 g/mol. The molecule has 0 bridgehead atoms. The maximum atomic E-state index is 12.5. The van der Waals surface area contributed by atoms with E-state index in [1.54, 1.807) is 55.5 Å². The number of halogens is 2. The summed E-state index contributed by atoms with van der Waals surface area (Å²) < 4.78 is 3.97. The lowest BCUT2D eigenvalue weighted by molar-refractivity contribution is -0.386. The molecule has 0 heterocycles. The molecule has 4 aromatic rings. The van der Waals surface area contributed by atoms with Crippen molar-refractivity contribution in [2.45, 2.75) is 73.4 Å². The van der Waals surface area contributed by atoms with Crippen molar-refractivity contribution in [3.8, 4) is 0 Å². The second kappa shape index (κ2) is 22.8.